The Hall–Kier alpha value is -3.12. The molecule has 1 aromatic rings. The summed E-state index contributed by atoms with van der Waals surface area (Å²) in [7, 11) is 0. The highest BCUT2D eigenvalue weighted by molar-refractivity contribution is 5.77. The van der Waals surface area contributed by atoms with Crippen LogP contribution in [-0.2, 0) is 5.41 Å². The van der Waals surface area contributed by atoms with Gasteiger partial charge in [0.1, 0.15) is 0 Å². The minimum absolute atomic E-state index is 0.383. The number of rotatable bonds is 6. The van der Waals surface area contributed by atoms with E-state index in [1.165, 1.54) is 27.9 Å². The van der Waals surface area contributed by atoms with Crippen LogP contribution in [0.25, 0.3) is 0 Å². The van der Waals surface area contributed by atoms with Crippen molar-refractivity contribution in [2.45, 2.75) is 19.3 Å². The zero-order valence-electron chi connectivity index (χ0n) is 16.9. The molecule has 0 N–H and O–H groups in total. The van der Waals surface area contributed by atoms with E-state index in [2.05, 4.69) is 106 Å². The molecule has 0 saturated heterocycles. The molecule has 0 fully saturated rings. The van der Waals surface area contributed by atoms with Crippen molar-refractivity contribution in [1.29, 1.82) is 0 Å². The predicted octanol–water partition coefficient (Wildman–Crippen LogP) is 7.35. The first kappa shape index (κ1) is 19.6. The first-order valence-electron chi connectivity index (χ1n) is 9.77. The third kappa shape index (κ3) is 2.96. The van der Waals surface area contributed by atoms with E-state index in [0.717, 1.165) is 5.57 Å². The average molecular weight is 365 g/mol. The third-order valence-corrected chi connectivity index (χ3v) is 5.51. The lowest BCUT2D eigenvalue weighted by atomic mass is 9.65. The lowest BCUT2D eigenvalue weighted by molar-refractivity contribution is 0.753. The number of hydrogen-bond acceptors (Lipinski definition) is 0. The predicted molar refractivity (Wildman–Crippen MR) is 123 cm³/mol. The summed E-state index contributed by atoms with van der Waals surface area (Å²) in [5.41, 5.74) is 6.74. The zero-order valence-corrected chi connectivity index (χ0v) is 16.9. The summed E-state index contributed by atoms with van der Waals surface area (Å²) in [4.78, 5) is 0. The molecule has 2 aliphatic rings. The van der Waals surface area contributed by atoms with Gasteiger partial charge in [-0.1, -0.05) is 118 Å². The van der Waals surface area contributed by atoms with E-state index in [0.29, 0.717) is 5.92 Å². The molecular weight excluding hydrogens is 336 g/mol. The molecule has 3 rings (SSSR count). The van der Waals surface area contributed by atoms with Crippen molar-refractivity contribution in [3.63, 3.8) is 0 Å². The fourth-order valence-corrected chi connectivity index (χ4v) is 4.35. The molecule has 2 atom stereocenters. The number of hydrogen-bond donors (Lipinski definition) is 0. The lowest BCUT2D eigenvalue weighted by Gasteiger charge is -2.36. The Morgan fingerprint density at radius 3 is 2.36 bits per heavy atom. The summed E-state index contributed by atoms with van der Waals surface area (Å²) in [6.45, 7) is 16.6. The van der Waals surface area contributed by atoms with Gasteiger partial charge in [-0.15, -0.1) is 0 Å². The average Bonchev–Trinajstić information content (AvgIpc) is 2.83. The van der Waals surface area contributed by atoms with Gasteiger partial charge in [0.2, 0.25) is 0 Å². The summed E-state index contributed by atoms with van der Waals surface area (Å²) in [5.74, 6) is 0.383. The highest BCUT2D eigenvalue weighted by Gasteiger charge is 2.47. The van der Waals surface area contributed by atoms with Gasteiger partial charge in [-0.2, -0.15) is 0 Å². The molecule has 0 nitrogen and oxygen atoms in total. The van der Waals surface area contributed by atoms with Gasteiger partial charge < -0.3 is 0 Å². The van der Waals surface area contributed by atoms with E-state index in [-0.39, 0.29) is 0 Å². The molecule has 0 aliphatic heterocycles. The van der Waals surface area contributed by atoms with Gasteiger partial charge in [-0.05, 0) is 46.3 Å². The van der Waals surface area contributed by atoms with Crippen LogP contribution < -0.4 is 0 Å². The van der Waals surface area contributed by atoms with Crippen LogP contribution in [0.15, 0.2) is 139 Å². The van der Waals surface area contributed by atoms with Gasteiger partial charge in [0.15, 0.2) is 0 Å². The Labute approximate surface area is 169 Å². The molecule has 140 valence electrons. The third-order valence-electron chi connectivity index (χ3n) is 5.51. The van der Waals surface area contributed by atoms with E-state index >= 15 is 0 Å². The maximum Gasteiger partial charge on any atom is 0.0713 e. The van der Waals surface area contributed by atoms with Crippen LogP contribution >= 0.6 is 0 Å². The van der Waals surface area contributed by atoms with Crippen molar-refractivity contribution in [2.75, 3.05) is 0 Å². The molecule has 0 heteroatoms. The van der Waals surface area contributed by atoms with Crippen molar-refractivity contribution >= 4 is 0 Å². The van der Waals surface area contributed by atoms with Crippen molar-refractivity contribution in [3.8, 4) is 0 Å². The molecule has 0 amide bonds. The molecule has 0 bridgehead atoms. The van der Waals surface area contributed by atoms with E-state index < -0.39 is 5.41 Å². The second kappa shape index (κ2) is 8.27. The van der Waals surface area contributed by atoms with Crippen molar-refractivity contribution in [1.82, 2.24) is 0 Å². The van der Waals surface area contributed by atoms with Crippen LogP contribution in [0.5, 0.6) is 0 Å². The number of benzene rings is 1. The van der Waals surface area contributed by atoms with Crippen LogP contribution in [0.2, 0.25) is 0 Å². The molecule has 2 unspecified atom stereocenters. The van der Waals surface area contributed by atoms with Gasteiger partial charge in [0.25, 0.3) is 0 Å². The fraction of sp³-hybridized carbons (Fsp3) is 0.143. The molecule has 0 radical (unpaired) electrons. The minimum Gasteiger partial charge on any atom is -0.0991 e. The van der Waals surface area contributed by atoms with E-state index in [1.54, 1.807) is 0 Å². The standard InChI is InChI=1S/C28H28/c1-6-13-22(8-3)28(23-15-11-10-12-16-23)26(9-4)24(14-7-2)25-19-17-21(5)18-20-27(25)28/h6-21H,1,3-4H2,2,5H3/b14-7-,22-13+. The highest BCUT2D eigenvalue weighted by Crippen LogP contribution is 2.56. The monoisotopic (exact) mass is 364 g/mol. The van der Waals surface area contributed by atoms with Crippen LogP contribution in [0.1, 0.15) is 19.4 Å². The largest absolute Gasteiger partial charge is 0.0991 e. The van der Waals surface area contributed by atoms with Crippen molar-refractivity contribution in [2.24, 2.45) is 5.92 Å². The summed E-state index contributed by atoms with van der Waals surface area (Å²) in [6, 6.07) is 10.6. The molecule has 28 heavy (non-hydrogen) atoms. The zero-order chi connectivity index (χ0) is 20.1. The molecule has 1 aromatic carbocycles. The lowest BCUT2D eigenvalue weighted by Crippen LogP contribution is -2.30. The van der Waals surface area contributed by atoms with Gasteiger partial charge in [0.05, 0.1) is 5.41 Å². The summed E-state index contributed by atoms with van der Waals surface area (Å²) >= 11 is 0. The highest BCUT2D eigenvalue weighted by atomic mass is 14.5. The Morgan fingerprint density at radius 2 is 1.75 bits per heavy atom. The summed E-state index contributed by atoms with van der Waals surface area (Å²) in [5, 5.41) is 0. The Bertz CT molecular complexity index is 970. The maximum atomic E-state index is 4.22. The van der Waals surface area contributed by atoms with Crippen LogP contribution in [0, 0.1) is 5.92 Å². The van der Waals surface area contributed by atoms with Crippen LogP contribution in [0.3, 0.4) is 0 Å². The molecule has 2 aliphatic carbocycles. The molecule has 0 heterocycles. The first-order valence-corrected chi connectivity index (χ1v) is 9.77. The molecule has 0 aromatic heterocycles. The quantitative estimate of drug-likeness (QED) is 0.463. The first-order chi connectivity index (χ1) is 13.6. The van der Waals surface area contributed by atoms with Gasteiger partial charge in [-0.3, -0.25) is 0 Å². The Balaban J connectivity index is 2.54. The van der Waals surface area contributed by atoms with Gasteiger partial charge >= 0.3 is 0 Å². The summed E-state index contributed by atoms with van der Waals surface area (Å²) in [6.07, 6.45) is 21.2. The maximum absolute atomic E-state index is 4.22. The smallest absolute Gasteiger partial charge is 0.0713 e. The summed E-state index contributed by atoms with van der Waals surface area (Å²) < 4.78 is 0. The molecule has 0 spiro atoms. The van der Waals surface area contributed by atoms with E-state index in [9.17, 15) is 0 Å². The number of allylic oxidation sites excluding steroid dienone is 15. The topological polar surface area (TPSA) is 0 Å². The van der Waals surface area contributed by atoms with Crippen LogP contribution in [-0.4, -0.2) is 0 Å². The minimum atomic E-state index is -0.464. The van der Waals surface area contributed by atoms with Gasteiger partial charge in [0, 0.05) is 0 Å². The molecule has 0 saturated carbocycles. The van der Waals surface area contributed by atoms with Crippen molar-refractivity contribution in [3.05, 3.63) is 144 Å². The second-order valence-electron chi connectivity index (χ2n) is 7.11. The SMILES string of the molecule is C=C/C=C(\C=C)C1(c2ccccc2)C2=C(C=CC(C)C=C2)C(/C=C\C)=C1C=C. The Kier molecular flexibility index (Phi) is 5.80. The van der Waals surface area contributed by atoms with Crippen molar-refractivity contribution < 1.29 is 0 Å². The van der Waals surface area contributed by atoms with Crippen LogP contribution in [0.4, 0.5) is 0 Å². The fourth-order valence-electron chi connectivity index (χ4n) is 4.35. The molecular formula is C28H28. The normalized spacial score (nSPS) is 24.5. The Morgan fingerprint density at radius 1 is 1.04 bits per heavy atom. The van der Waals surface area contributed by atoms with Gasteiger partial charge in [-0.25, -0.2) is 0 Å². The van der Waals surface area contributed by atoms with E-state index in [1.807, 2.05) is 18.2 Å². The van der Waals surface area contributed by atoms with E-state index in [4.69, 9.17) is 0 Å². The second-order valence-corrected chi connectivity index (χ2v) is 7.11.